The van der Waals surface area contributed by atoms with Crippen LogP contribution in [0, 0.1) is 11.8 Å². The van der Waals surface area contributed by atoms with Crippen LogP contribution in [0.2, 0.25) is 0 Å². The van der Waals surface area contributed by atoms with Crippen LogP contribution in [0.4, 0.5) is 0 Å². The average Bonchev–Trinajstić information content (AvgIpc) is 2.87. The molecular weight excluding hydrogens is 178 g/mol. The molecule has 0 aromatic carbocycles. The number of esters is 1. The van der Waals surface area contributed by atoms with E-state index < -0.39 is 0 Å². The SMILES string of the molecule is O=C(CCC1CCNC1)OCC1CC1. The van der Waals surface area contributed by atoms with Crippen molar-refractivity contribution >= 4 is 5.97 Å². The predicted molar refractivity (Wildman–Crippen MR) is 53.9 cm³/mol. The Balaban J connectivity index is 1.52. The van der Waals surface area contributed by atoms with Gasteiger partial charge in [-0.15, -0.1) is 0 Å². The van der Waals surface area contributed by atoms with Gasteiger partial charge in [-0.05, 0) is 50.6 Å². The molecule has 0 bridgehead atoms. The minimum absolute atomic E-state index is 0.00352. The average molecular weight is 197 g/mol. The third-order valence-corrected chi connectivity index (χ3v) is 3.10. The highest BCUT2D eigenvalue weighted by Gasteiger charge is 2.23. The summed E-state index contributed by atoms with van der Waals surface area (Å²) < 4.78 is 5.17. The summed E-state index contributed by atoms with van der Waals surface area (Å²) in [4.78, 5) is 11.3. The largest absolute Gasteiger partial charge is 0.465 e. The van der Waals surface area contributed by atoms with E-state index in [0.717, 1.165) is 19.5 Å². The van der Waals surface area contributed by atoms with E-state index in [1.54, 1.807) is 0 Å². The van der Waals surface area contributed by atoms with Crippen LogP contribution in [-0.2, 0) is 9.53 Å². The van der Waals surface area contributed by atoms with Gasteiger partial charge in [-0.25, -0.2) is 0 Å². The van der Waals surface area contributed by atoms with Crippen molar-refractivity contribution in [3.8, 4) is 0 Å². The Morgan fingerprint density at radius 3 is 2.79 bits per heavy atom. The van der Waals surface area contributed by atoms with Crippen molar-refractivity contribution in [1.82, 2.24) is 5.32 Å². The van der Waals surface area contributed by atoms with Crippen LogP contribution in [-0.4, -0.2) is 25.7 Å². The smallest absolute Gasteiger partial charge is 0.305 e. The first-order chi connectivity index (χ1) is 6.84. The molecule has 14 heavy (non-hydrogen) atoms. The van der Waals surface area contributed by atoms with E-state index in [-0.39, 0.29) is 5.97 Å². The molecule has 80 valence electrons. The summed E-state index contributed by atoms with van der Waals surface area (Å²) in [6, 6.07) is 0. The fourth-order valence-corrected chi connectivity index (χ4v) is 1.85. The van der Waals surface area contributed by atoms with Gasteiger partial charge in [0, 0.05) is 6.42 Å². The zero-order valence-electron chi connectivity index (χ0n) is 8.63. The molecular formula is C11H19NO2. The minimum atomic E-state index is 0.00352. The van der Waals surface area contributed by atoms with Crippen LogP contribution in [0.1, 0.15) is 32.1 Å². The number of rotatable bonds is 5. The number of carbonyl (C=O) groups excluding carboxylic acids is 1. The highest BCUT2D eigenvalue weighted by atomic mass is 16.5. The Bertz CT molecular complexity index is 195. The molecule has 1 unspecified atom stereocenters. The molecule has 1 aliphatic heterocycles. The standard InChI is InChI=1S/C11H19NO2/c13-11(14-8-10-1-2-10)4-3-9-5-6-12-7-9/h9-10,12H,1-8H2. The second kappa shape index (κ2) is 4.78. The molecule has 1 heterocycles. The van der Waals surface area contributed by atoms with Crippen LogP contribution in [0.15, 0.2) is 0 Å². The molecule has 1 saturated carbocycles. The topological polar surface area (TPSA) is 38.3 Å². The van der Waals surface area contributed by atoms with Crippen molar-refractivity contribution in [3.63, 3.8) is 0 Å². The Morgan fingerprint density at radius 1 is 1.29 bits per heavy atom. The monoisotopic (exact) mass is 197 g/mol. The first-order valence-electron chi connectivity index (χ1n) is 5.71. The maximum atomic E-state index is 11.3. The molecule has 0 spiro atoms. The van der Waals surface area contributed by atoms with E-state index in [0.29, 0.717) is 24.9 Å². The maximum Gasteiger partial charge on any atom is 0.305 e. The lowest BCUT2D eigenvalue weighted by atomic mass is 10.0. The summed E-state index contributed by atoms with van der Waals surface area (Å²) in [6.45, 7) is 2.86. The van der Waals surface area contributed by atoms with Gasteiger partial charge >= 0.3 is 5.97 Å². The fraction of sp³-hybridized carbons (Fsp3) is 0.909. The van der Waals surface area contributed by atoms with Crippen LogP contribution in [0.3, 0.4) is 0 Å². The van der Waals surface area contributed by atoms with Gasteiger partial charge in [-0.2, -0.15) is 0 Å². The summed E-state index contributed by atoms with van der Waals surface area (Å²) in [5.74, 6) is 1.39. The van der Waals surface area contributed by atoms with E-state index in [1.165, 1.54) is 19.3 Å². The Labute approximate surface area is 85.2 Å². The minimum Gasteiger partial charge on any atom is -0.465 e. The van der Waals surface area contributed by atoms with Crippen molar-refractivity contribution in [1.29, 1.82) is 0 Å². The highest BCUT2D eigenvalue weighted by Crippen LogP contribution is 2.29. The molecule has 0 radical (unpaired) electrons. The van der Waals surface area contributed by atoms with E-state index in [4.69, 9.17) is 4.74 Å². The second-order valence-electron chi connectivity index (χ2n) is 4.52. The Morgan fingerprint density at radius 2 is 2.14 bits per heavy atom. The third-order valence-electron chi connectivity index (χ3n) is 3.10. The van der Waals surface area contributed by atoms with Crippen molar-refractivity contribution < 1.29 is 9.53 Å². The fourth-order valence-electron chi connectivity index (χ4n) is 1.85. The quantitative estimate of drug-likeness (QED) is 0.676. The molecule has 2 fully saturated rings. The zero-order valence-corrected chi connectivity index (χ0v) is 8.63. The number of hydrogen-bond donors (Lipinski definition) is 1. The normalized spacial score (nSPS) is 26.4. The highest BCUT2D eigenvalue weighted by molar-refractivity contribution is 5.69. The number of nitrogens with one attached hydrogen (secondary N) is 1. The molecule has 3 nitrogen and oxygen atoms in total. The Kier molecular flexibility index (Phi) is 3.40. The van der Waals surface area contributed by atoms with Gasteiger partial charge in [0.05, 0.1) is 6.61 Å². The number of hydrogen-bond acceptors (Lipinski definition) is 3. The summed E-state index contributed by atoms with van der Waals surface area (Å²) in [7, 11) is 0. The van der Waals surface area contributed by atoms with Crippen molar-refractivity contribution in [3.05, 3.63) is 0 Å². The molecule has 1 saturated heterocycles. The van der Waals surface area contributed by atoms with Gasteiger partial charge in [-0.1, -0.05) is 0 Å². The van der Waals surface area contributed by atoms with Gasteiger partial charge < -0.3 is 10.1 Å². The van der Waals surface area contributed by atoms with Gasteiger partial charge in [0.1, 0.15) is 0 Å². The molecule has 3 heteroatoms. The summed E-state index contributed by atoms with van der Waals surface area (Å²) in [6.07, 6.45) is 5.32. The van der Waals surface area contributed by atoms with Crippen molar-refractivity contribution in [2.45, 2.75) is 32.1 Å². The second-order valence-corrected chi connectivity index (χ2v) is 4.52. The molecule has 1 atom stereocenters. The summed E-state index contributed by atoms with van der Waals surface area (Å²) in [5.41, 5.74) is 0. The number of ether oxygens (including phenoxy) is 1. The zero-order chi connectivity index (χ0) is 9.80. The van der Waals surface area contributed by atoms with E-state index in [9.17, 15) is 4.79 Å². The Hall–Kier alpha value is -0.570. The molecule has 2 aliphatic rings. The molecule has 0 aromatic rings. The maximum absolute atomic E-state index is 11.3. The molecule has 0 amide bonds. The van der Waals surface area contributed by atoms with Gasteiger partial charge in [0.2, 0.25) is 0 Å². The van der Waals surface area contributed by atoms with Crippen LogP contribution < -0.4 is 5.32 Å². The van der Waals surface area contributed by atoms with Crippen LogP contribution in [0.5, 0.6) is 0 Å². The molecule has 1 N–H and O–H groups in total. The van der Waals surface area contributed by atoms with Crippen molar-refractivity contribution in [2.24, 2.45) is 11.8 Å². The van der Waals surface area contributed by atoms with Gasteiger partial charge in [-0.3, -0.25) is 4.79 Å². The number of carbonyl (C=O) groups is 1. The first-order valence-corrected chi connectivity index (χ1v) is 5.71. The van der Waals surface area contributed by atoms with E-state index in [1.807, 2.05) is 0 Å². The first kappa shape index (κ1) is 9.97. The molecule has 2 rings (SSSR count). The third kappa shape index (κ3) is 3.29. The molecule has 1 aliphatic carbocycles. The van der Waals surface area contributed by atoms with Crippen LogP contribution >= 0.6 is 0 Å². The summed E-state index contributed by atoms with van der Waals surface area (Å²) in [5, 5.41) is 3.30. The van der Waals surface area contributed by atoms with E-state index in [2.05, 4.69) is 5.32 Å². The lowest BCUT2D eigenvalue weighted by molar-refractivity contribution is -0.144. The predicted octanol–water partition coefficient (Wildman–Crippen LogP) is 1.33. The van der Waals surface area contributed by atoms with Gasteiger partial charge in [0.25, 0.3) is 0 Å². The summed E-state index contributed by atoms with van der Waals surface area (Å²) >= 11 is 0. The van der Waals surface area contributed by atoms with Gasteiger partial charge in [0.15, 0.2) is 0 Å². The van der Waals surface area contributed by atoms with E-state index >= 15 is 0 Å². The van der Waals surface area contributed by atoms with Crippen LogP contribution in [0.25, 0.3) is 0 Å². The lowest BCUT2D eigenvalue weighted by Gasteiger charge is -2.07. The lowest BCUT2D eigenvalue weighted by Crippen LogP contribution is -2.12. The van der Waals surface area contributed by atoms with Crippen molar-refractivity contribution in [2.75, 3.05) is 19.7 Å². The molecule has 0 aromatic heterocycles.